The fraction of sp³-hybridized carbons (Fsp3) is 0.550. The van der Waals surface area contributed by atoms with Crippen LogP contribution in [0.15, 0.2) is 36.9 Å². The van der Waals surface area contributed by atoms with Gasteiger partial charge in [-0.25, -0.2) is 4.98 Å². The predicted octanol–water partition coefficient (Wildman–Crippen LogP) is 3.28. The molecule has 4 unspecified atom stereocenters. The van der Waals surface area contributed by atoms with Crippen LogP contribution in [-0.4, -0.2) is 51.0 Å². The Kier molecular flexibility index (Phi) is 6.15. The molecular formula is C20H26ClN5O. The highest BCUT2D eigenvalue weighted by Crippen LogP contribution is 2.33. The van der Waals surface area contributed by atoms with Crippen molar-refractivity contribution < 1.29 is 4.74 Å². The third kappa shape index (κ3) is 4.67. The predicted molar refractivity (Wildman–Crippen MR) is 104 cm³/mol. The van der Waals surface area contributed by atoms with Crippen molar-refractivity contribution in [3.63, 3.8) is 0 Å². The third-order valence-corrected chi connectivity index (χ3v) is 5.48. The molecular weight excluding hydrogens is 362 g/mol. The number of hydrogen-bond donors (Lipinski definition) is 0. The maximum atomic E-state index is 10.3. The molecule has 0 spiro atoms. The van der Waals surface area contributed by atoms with Crippen molar-refractivity contribution in [1.29, 1.82) is 5.26 Å². The van der Waals surface area contributed by atoms with E-state index in [1.54, 1.807) is 11.0 Å². The van der Waals surface area contributed by atoms with Gasteiger partial charge in [0.05, 0.1) is 24.8 Å². The number of halogens is 1. The van der Waals surface area contributed by atoms with Gasteiger partial charge < -0.3 is 4.74 Å². The smallest absolute Gasteiger partial charge is 0.137 e. The topological polar surface area (TPSA) is 67.0 Å². The summed E-state index contributed by atoms with van der Waals surface area (Å²) in [6.07, 6.45) is 4.23. The Hall–Kier alpha value is -1.94. The van der Waals surface area contributed by atoms with E-state index in [2.05, 4.69) is 41.8 Å². The number of nitrogens with zero attached hydrogens (tertiary/aromatic N) is 5. The van der Waals surface area contributed by atoms with Crippen LogP contribution in [0.1, 0.15) is 32.8 Å². The van der Waals surface area contributed by atoms with Gasteiger partial charge in [-0.3, -0.25) is 9.58 Å². The molecule has 144 valence electrons. The lowest BCUT2D eigenvalue weighted by molar-refractivity contribution is -0.0807. The molecule has 1 aliphatic heterocycles. The van der Waals surface area contributed by atoms with E-state index in [0.717, 1.165) is 18.7 Å². The molecule has 1 aliphatic rings. The summed E-state index contributed by atoms with van der Waals surface area (Å²) < 4.78 is 7.59. The van der Waals surface area contributed by atoms with E-state index < -0.39 is 5.41 Å². The van der Waals surface area contributed by atoms with Crippen molar-refractivity contribution in [1.82, 2.24) is 19.7 Å². The Morgan fingerprint density at radius 1 is 1.30 bits per heavy atom. The lowest BCUT2D eigenvalue weighted by Gasteiger charge is -2.41. The average molecular weight is 388 g/mol. The van der Waals surface area contributed by atoms with Crippen molar-refractivity contribution in [3.05, 3.63) is 47.5 Å². The summed E-state index contributed by atoms with van der Waals surface area (Å²) in [5.74, 6) is 0. The van der Waals surface area contributed by atoms with Crippen LogP contribution < -0.4 is 0 Å². The molecule has 0 radical (unpaired) electrons. The minimum atomic E-state index is -0.720. The zero-order valence-corrected chi connectivity index (χ0v) is 16.8. The number of ether oxygens (including phenoxy) is 1. The Morgan fingerprint density at radius 3 is 2.52 bits per heavy atom. The van der Waals surface area contributed by atoms with E-state index in [1.165, 1.54) is 6.33 Å². The van der Waals surface area contributed by atoms with E-state index in [1.807, 2.05) is 24.3 Å². The van der Waals surface area contributed by atoms with Crippen LogP contribution in [0.25, 0.3) is 0 Å². The van der Waals surface area contributed by atoms with Crippen LogP contribution in [0, 0.1) is 11.3 Å². The van der Waals surface area contributed by atoms with Crippen molar-refractivity contribution in [3.8, 4) is 6.07 Å². The van der Waals surface area contributed by atoms with Crippen molar-refractivity contribution in [2.24, 2.45) is 0 Å². The van der Waals surface area contributed by atoms with Gasteiger partial charge >= 0.3 is 0 Å². The van der Waals surface area contributed by atoms with Gasteiger partial charge in [-0.05, 0) is 44.9 Å². The first-order chi connectivity index (χ1) is 12.9. The molecule has 2 heterocycles. The summed E-state index contributed by atoms with van der Waals surface area (Å²) in [5.41, 5.74) is 0.230. The molecule has 1 saturated heterocycles. The number of aromatic nitrogens is 3. The fourth-order valence-corrected chi connectivity index (χ4v) is 4.12. The van der Waals surface area contributed by atoms with Gasteiger partial charge in [0.2, 0.25) is 0 Å². The Labute approximate surface area is 165 Å². The first kappa shape index (κ1) is 19.8. The Bertz CT molecular complexity index is 763. The van der Waals surface area contributed by atoms with Crippen molar-refractivity contribution in [2.75, 3.05) is 13.1 Å². The van der Waals surface area contributed by atoms with Crippen LogP contribution in [0.5, 0.6) is 0 Å². The van der Waals surface area contributed by atoms with Crippen LogP contribution in [0.3, 0.4) is 0 Å². The Balaban J connectivity index is 1.89. The number of rotatable bonds is 6. The molecule has 0 amide bonds. The van der Waals surface area contributed by atoms with Gasteiger partial charge in [0, 0.05) is 24.2 Å². The van der Waals surface area contributed by atoms with Gasteiger partial charge in [-0.2, -0.15) is 10.4 Å². The van der Waals surface area contributed by atoms with E-state index in [0.29, 0.717) is 18.0 Å². The standard InChI is InChI=1S/C20H26ClN5O/c1-15(25-9-16(2)27-17(3)10-25)8-20(11-22,12-26-14-23-13-24-26)18-4-6-19(21)7-5-18/h4-7,13-17H,8-10,12H2,1-3H3. The summed E-state index contributed by atoms with van der Waals surface area (Å²) in [5, 5.41) is 15.2. The lowest BCUT2D eigenvalue weighted by atomic mass is 9.76. The van der Waals surface area contributed by atoms with E-state index in [-0.39, 0.29) is 18.2 Å². The summed E-state index contributed by atoms with van der Waals surface area (Å²) >= 11 is 6.07. The summed E-state index contributed by atoms with van der Waals surface area (Å²) in [7, 11) is 0. The molecule has 4 atom stereocenters. The number of benzene rings is 1. The van der Waals surface area contributed by atoms with Gasteiger partial charge in [0.15, 0.2) is 0 Å². The number of morpholine rings is 1. The summed E-state index contributed by atoms with van der Waals surface area (Å²) in [4.78, 5) is 6.45. The number of nitriles is 1. The molecule has 0 saturated carbocycles. The van der Waals surface area contributed by atoms with E-state index >= 15 is 0 Å². The quantitative estimate of drug-likeness (QED) is 0.760. The maximum absolute atomic E-state index is 10.3. The minimum absolute atomic E-state index is 0.193. The number of hydrogen-bond acceptors (Lipinski definition) is 5. The largest absolute Gasteiger partial charge is 0.373 e. The van der Waals surface area contributed by atoms with E-state index in [9.17, 15) is 5.26 Å². The second-order valence-corrected chi connectivity index (χ2v) is 7.99. The average Bonchev–Trinajstić information content (AvgIpc) is 3.13. The highest BCUT2D eigenvalue weighted by Gasteiger charge is 2.38. The summed E-state index contributed by atoms with van der Waals surface area (Å²) in [6.45, 7) is 8.58. The first-order valence-corrected chi connectivity index (χ1v) is 9.69. The Morgan fingerprint density at radius 2 is 1.96 bits per heavy atom. The zero-order chi connectivity index (χ0) is 19.4. The highest BCUT2D eigenvalue weighted by atomic mass is 35.5. The van der Waals surface area contributed by atoms with Crippen LogP contribution in [-0.2, 0) is 16.7 Å². The van der Waals surface area contributed by atoms with Crippen molar-refractivity contribution in [2.45, 2.75) is 57.4 Å². The first-order valence-electron chi connectivity index (χ1n) is 9.31. The minimum Gasteiger partial charge on any atom is -0.373 e. The molecule has 0 bridgehead atoms. The molecule has 3 rings (SSSR count). The van der Waals surface area contributed by atoms with E-state index in [4.69, 9.17) is 16.3 Å². The van der Waals surface area contributed by atoms with Crippen LogP contribution in [0.4, 0.5) is 0 Å². The second kappa shape index (κ2) is 8.39. The normalized spacial score (nSPS) is 24.1. The SMILES string of the molecule is CC1CN(C(C)CC(C#N)(Cn2cncn2)c2ccc(Cl)cc2)CC(C)O1. The van der Waals surface area contributed by atoms with Gasteiger partial charge in [-0.15, -0.1) is 0 Å². The second-order valence-electron chi connectivity index (χ2n) is 7.56. The molecule has 1 aromatic heterocycles. The molecule has 1 fully saturated rings. The van der Waals surface area contributed by atoms with Gasteiger partial charge in [-0.1, -0.05) is 23.7 Å². The third-order valence-electron chi connectivity index (χ3n) is 5.22. The molecule has 0 aliphatic carbocycles. The van der Waals surface area contributed by atoms with Gasteiger partial charge in [0.25, 0.3) is 0 Å². The molecule has 1 aromatic carbocycles. The van der Waals surface area contributed by atoms with Crippen LogP contribution in [0.2, 0.25) is 5.02 Å². The molecule has 2 aromatic rings. The lowest BCUT2D eigenvalue weighted by Crippen LogP contribution is -2.51. The molecule has 6 nitrogen and oxygen atoms in total. The zero-order valence-electron chi connectivity index (χ0n) is 16.0. The monoisotopic (exact) mass is 387 g/mol. The maximum Gasteiger partial charge on any atom is 0.137 e. The molecule has 0 N–H and O–H groups in total. The molecule has 7 heteroatoms. The molecule has 27 heavy (non-hydrogen) atoms. The van der Waals surface area contributed by atoms with Crippen molar-refractivity contribution >= 4 is 11.6 Å². The summed E-state index contributed by atoms with van der Waals surface area (Å²) in [6, 6.07) is 10.4. The van der Waals surface area contributed by atoms with Gasteiger partial charge in [0.1, 0.15) is 18.1 Å². The van der Waals surface area contributed by atoms with Crippen LogP contribution >= 0.6 is 11.6 Å². The highest BCUT2D eigenvalue weighted by molar-refractivity contribution is 6.30. The fourth-order valence-electron chi connectivity index (χ4n) is 3.99.